The molecule has 0 N–H and O–H groups in total. The van der Waals surface area contributed by atoms with E-state index in [1.807, 2.05) is 0 Å². The second-order valence-corrected chi connectivity index (χ2v) is 4.31. The highest BCUT2D eigenvalue weighted by Crippen LogP contribution is 2.26. The molecule has 1 heterocycles. The summed E-state index contributed by atoms with van der Waals surface area (Å²) < 4.78 is 18.8. The van der Waals surface area contributed by atoms with Crippen molar-refractivity contribution < 1.29 is 13.7 Å². The van der Waals surface area contributed by atoms with Gasteiger partial charge < -0.3 is 4.42 Å². The zero-order valence-electron chi connectivity index (χ0n) is 9.29. The van der Waals surface area contributed by atoms with Crippen LogP contribution in [0.15, 0.2) is 27.8 Å². The van der Waals surface area contributed by atoms with Gasteiger partial charge in [-0.25, -0.2) is 0 Å². The van der Waals surface area contributed by atoms with Gasteiger partial charge in [0.1, 0.15) is 0 Å². The van der Waals surface area contributed by atoms with Crippen LogP contribution >= 0.6 is 11.8 Å². The Morgan fingerprint density at radius 2 is 2.28 bits per heavy atom. The summed E-state index contributed by atoms with van der Waals surface area (Å²) in [4.78, 5) is 9.82. The lowest BCUT2D eigenvalue weighted by Crippen LogP contribution is -1.96. The van der Waals surface area contributed by atoms with Crippen LogP contribution in [0.2, 0.25) is 0 Å². The van der Waals surface area contributed by atoms with Crippen molar-refractivity contribution in [2.24, 2.45) is 0 Å². The summed E-state index contributed by atoms with van der Waals surface area (Å²) in [6.07, 6.45) is 0. The minimum atomic E-state index is -0.828. The lowest BCUT2D eigenvalue weighted by molar-refractivity contribution is -0.387. The number of benzene rings is 1. The molecule has 18 heavy (non-hydrogen) atoms. The Labute approximate surface area is 105 Å². The number of hydrogen-bond acceptors (Lipinski definition) is 6. The molecule has 1 aromatic heterocycles. The number of nitro benzene ring substituents is 1. The molecule has 0 radical (unpaired) electrons. The van der Waals surface area contributed by atoms with Gasteiger partial charge in [-0.1, -0.05) is 23.9 Å². The lowest BCUT2D eigenvalue weighted by Gasteiger charge is -2.01. The second-order valence-electron chi connectivity index (χ2n) is 3.38. The van der Waals surface area contributed by atoms with Crippen molar-refractivity contribution in [3.8, 4) is 0 Å². The molecule has 0 atom stereocenters. The molecule has 0 fully saturated rings. The van der Waals surface area contributed by atoms with Gasteiger partial charge in [0.25, 0.3) is 5.22 Å². The summed E-state index contributed by atoms with van der Waals surface area (Å²) in [5.74, 6) is -0.224. The third-order valence-electron chi connectivity index (χ3n) is 2.11. The first-order chi connectivity index (χ1) is 8.58. The molecule has 2 aromatic rings. The fourth-order valence-electron chi connectivity index (χ4n) is 1.29. The van der Waals surface area contributed by atoms with Crippen molar-refractivity contribution in [2.45, 2.75) is 17.9 Å². The standard InChI is InChI=1S/C10H8FN3O3S/c1-6-12-13-10(17-6)18-5-7-3-2-4-8(9(7)11)14(15)16/h2-4H,5H2,1H3. The number of aromatic nitrogens is 2. The fraction of sp³-hybridized carbons (Fsp3) is 0.200. The summed E-state index contributed by atoms with van der Waals surface area (Å²) in [7, 11) is 0. The van der Waals surface area contributed by atoms with E-state index in [2.05, 4.69) is 10.2 Å². The Hall–Kier alpha value is -1.96. The molecule has 0 amide bonds. The number of thioether (sulfide) groups is 1. The molecular weight excluding hydrogens is 261 g/mol. The molecule has 1 aromatic carbocycles. The largest absolute Gasteiger partial charge is 0.416 e. The molecule has 8 heteroatoms. The van der Waals surface area contributed by atoms with E-state index in [9.17, 15) is 14.5 Å². The fourth-order valence-corrected chi connectivity index (χ4v) is 2.07. The maximum Gasteiger partial charge on any atom is 0.305 e. The summed E-state index contributed by atoms with van der Waals surface area (Å²) in [5, 5.41) is 18.2. The van der Waals surface area contributed by atoms with Crippen LogP contribution in [0.25, 0.3) is 0 Å². The molecule has 0 saturated carbocycles. The molecule has 0 aliphatic rings. The monoisotopic (exact) mass is 269 g/mol. The van der Waals surface area contributed by atoms with E-state index in [0.717, 1.165) is 17.8 Å². The minimum absolute atomic E-state index is 0.190. The van der Waals surface area contributed by atoms with E-state index < -0.39 is 16.4 Å². The molecule has 0 aliphatic heterocycles. The van der Waals surface area contributed by atoms with Crippen molar-refractivity contribution in [1.29, 1.82) is 0 Å². The molecule has 94 valence electrons. The Kier molecular flexibility index (Phi) is 3.56. The van der Waals surface area contributed by atoms with Crippen molar-refractivity contribution in [1.82, 2.24) is 10.2 Å². The third-order valence-corrected chi connectivity index (χ3v) is 2.98. The Bertz CT molecular complexity index is 587. The highest BCUT2D eigenvalue weighted by Gasteiger charge is 2.17. The van der Waals surface area contributed by atoms with Crippen molar-refractivity contribution in [3.63, 3.8) is 0 Å². The van der Waals surface area contributed by atoms with Crippen LogP contribution in [0.5, 0.6) is 0 Å². The third kappa shape index (κ3) is 2.65. The average molecular weight is 269 g/mol. The lowest BCUT2D eigenvalue weighted by atomic mass is 10.2. The maximum atomic E-state index is 13.7. The number of rotatable bonds is 4. The van der Waals surface area contributed by atoms with Gasteiger partial charge in [0.05, 0.1) is 4.92 Å². The van der Waals surface area contributed by atoms with E-state index in [4.69, 9.17) is 4.42 Å². The predicted molar refractivity (Wildman–Crippen MR) is 61.7 cm³/mol. The van der Waals surface area contributed by atoms with Crippen molar-refractivity contribution >= 4 is 17.4 Å². The molecule has 6 nitrogen and oxygen atoms in total. The summed E-state index contributed by atoms with van der Waals surface area (Å²) in [6, 6.07) is 4.05. The molecular formula is C10H8FN3O3S. The Morgan fingerprint density at radius 3 is 2.89 bits per heavy atom. The zero-order chi connectivity index (χ0) is 13.1. The van der Waals surface area contributed by atoms with E-state index in [0.29, 0.717) is 11.1 Å². The van der Waals surface area contributed by atoms with Gasteiger partial charge in [-0.05, 0) is 0 Å². The second kappa shape index (κ2) is 5.13. The molecule has 0 aliphatic carbocycles. The zero-order valence-corrected chi connectivity index (χ0v) is 10.1. The first kappa shape index (κ1) is 12.5. The first-order valence-corrected chi connectivity index (χ1v) is 5.91. The van der Waals surface area contributed by atoms with Crippen LogP contribution in [0.4, 0.5) is 10.1 Å². The first-order valence-electron chi connectivity index (χ1n) is 4.92. The summed E-state index contributed by atoms with van der Waals surface area (Å²) in [6.45, 7) is 1.64. The molecule has 0 saturated heterocycles. The predicted octanol–water partition coefficient (Wildman–Crippen LogP) is 2.72. The van der Waals surface area contributed by atoms with Crippen molar-refractivity contribution in [2.75, 3.05) is 0 Å². The quantitative estimate of drug-likeness (QED) is 0.482. The Balaban J connectivity index is 2.14. The molecule has 0 spiro atoms. The number of halogens is 1. The summed E-state index contributed by atoms with van der Waals surface area (Å²) in [5.41, 5.74) is -0.306. The van der Waals surface area contributed by atoms with Gasteiger partial charge in [-0.15, -0.1) is 10.2 Å². The van der Waals surface area contributed by atoms with Gasteiger partial charge in [0, 0.05) is 24.3 Å². The van der Waals surface area contributed by atoms with Gasteiger partial charge in [-0.2, -0.15) is 4.39 Å². The molecule has 0 unspecified atom stereocenters. The maximum absolute atomic E-state index is 13.7. The SMILES string of the molecule is Cc1nnc(SCc2cccc([N+](=O)[O-])c2F)o1. The van der Waals surface area contributed by atoms with Crippen LogP contribution in [0.1, 0.15) is 11.5 Å². The average Bonchev–Trinajstić information content (AvgIpc) is 2.73. The Morgan fingerprint density at radius 1 is 1.50 bits per heavy atom. The highest BCUT2D eigenvalue weighted by atomic mass is 32.2. The number of aryl methyl sites for hydroxylation is 1. The van der Waals surface area contributed by atoms with Crippen LogP contribution in [0, 0.1) is 22.9 Å². The summed E-state index contributed by atoms with van der Waals surface area (Å²) >= 11 is 1.13. The van der Waals surface area contributed by atoms with Crippen LogP contribution in [0.3, 0.4) is 0 Å². The van der Waals surface area contributed by atoms with E-state index in [1.54, 1.807) is 6.92 Å². The van der Waals surface area contributed by atoms with Crippen LogP contribution < -0.4 is 0 Å². The number of nitrogens with zero attached hydrogens (tertiary/aromatic N) is 3. The highest BCUT2D eigenvalue weighted by molar-refractivity contribution is 7.98. The number of hydrogen-bond donors (Lipinski definition) is 0. The van der Waals surface area contributed by atoms with Gasteiger partial charge in [-0.3, -0.25) is 10.1 Å². The van der Waals surface area contributed by atoms with Crippen LogP contribution in [-0.4, -0.2) is 15.1 Å². The van der Waals surface area contributed by atoms with Gasteiger partial charge in [0.15, 0.2) is 0 Å². The van der Waals surface area contributed by atoms with E-state index in [-0.39, 0.29) is 11.3 Å². The smallest absolute Gasteiger partial charge is 0.305 e. The van der Waals surface area contributed by atoms with Crippen LogP contribution in [-0.2, 0) is 5.75 Å². The molecule has 0 bridgehead atoms. The topological polar surface area (TPSA) is 82.1 Å². The van der Waals surface area contributed by atoms with E-state index >= 15 is 0 Å². The minimum Gasteiger partial charge on any atom is -0.416 e. The normalized spacial score (nSPS) is 10.6. The number of nitro groups is 1. The van der Waals surface area contributed by atoms with Crippen molar-refractivity contribution in [3.05, 3.63) is 45.6 Å². The molecule has 2 rings (SSSR count). The van der Waals surface area contributed by atoms with E-state index in [1.165, 1.54) is 12.1 Å². The van der Waals surface area contributed by atoms with Gasteiger partial charge in [0.2, 0.25) is 11.7 Å². The van der Waals surface area contributed by atoms with Gasteiger partial charge >= 0.3 is 5.69 Å².